The fraction of sp³-hybridized carbons (Fsp3) is 0.708. The number of nitrogens with one attached hydrogen (secondary N) is 1. The van der Waals surface area contributed by atoms with Gasteiger partial charge in [-0.3, -0.25) is 4.79 Å². The molecule has 1 aromatic rings. The fourth-order valence-electron chi connectivity index (χ4n) is 8.01. The molecule has 0 radical (unpaired) electrons. The zero-order valence-corrected chi connectivity index (χ0v) is 17.0. The molecule has 0 spiro atoms. The first-order chi connectivity index (χ1) is 12.9. The molecule has 4 atom stereocenters. The lowest BCUT2D eigenvalue weighted by Crippen LogP contribution is -2.63. The highest BCUT2D eigenvalue weighted by atomic mass is 16.2. The number of hydrogen-bond donors (Lipinski definition) is 1. The van der Waals surface area contributed by atoms with Crippen molar-refractivity contribution >= 4 is 5.91 Å². The van der Waals surface area contributed by atoms with E-state index in [9.17, 15) is 4.79 Å². The molecule has 27 heavy (non-hydrogen) atoms. The van der Waals surface area contributed by atoms with Gasteiger partial charge >= 0.3 is 0 Å². The summed E-state index contributed by atoms with van der Waals surface area (Å²) in [5, 5.41) is 3.44. The quantitative estimate of drug-likeness (QED) is 0.872. The number of benzene rings is 1. The van der Waals surface area contributed by atoms with Gasteiger partial charge in [0.15, 0.2) is 0 Å². The Kier molecular flexibility index (Phi) is 3.99. The molecule has 4 saturated carbocycles. The molecule has 1 N–H and O–H groups in total. The van der Waals surface area contributed by atoms with Crippen LogP contribution >= 0.6 is 0 Å². The van der Waals surface area contributed by atoms with Crippen LogP contribution in [0.15, 0.2) is 30.3 Å². The van der Waals surface area contributed by atoms with Crippen molar-refractivity contribution in [2.24, 2.45) is 16.7 Å². The second kappa shape index (κ2) is 6.07. The average Bonchev–Trinajstić information content (AvgIpc) is 2.66. The Morgan fingerprint density at radius 2 is 1.78 bits per heavy atom. The molecule has 4 bridgehead atoms. The number of hydrogen-bond acceptors (Lipinski definition) is 2. The van der Waals surface area contributed by atoms with Crippen molar-refractivity contribution in [2.45, 2.75) is 69.7 Å². The van der Waals surface area contributed by atoms with E-state index in [1.807, 2.05) is 0 Å². The molecule has 0 aromatic heterocycles. The molecule has 1 amide bonds. The van der Waals surface area contributed by atoms with Crippen molar-refractivity contribution in [1.29, 1.82) is 0 Å². The van der Waals surface area contributed by atoms with Crippen LogP contribution in [0.3, 0.4) is 0 Å². The van der Waals surface area contributed by atoms with E-state index in [4.69, 9.17) is 0 Å². The monoisotopic (exact) mass is 366 g/mol. The van der Waals surface area contributed by atoms with E-state index in [1.165, 1.54) is 24.8 Å². The molecule has 6 rings (SSSR count). The van der Waals surface area contributed by atoms with Gasteiger partial charge in [0.25, 0.3) is 0 Å². The van der Waals surface area contributed by atoms with Crippen molar-refractivity contribution in [2.75, 3.05) is 20.1 Å². The highest BCUT2D eigenvalue weighted by Gasteiger charge is 2.65. The highest BCUT2D eigenvalue weighted by molar-refractivity contribution is 5.84. The van der Waals surface area contributed by atoms with Gasteiger partial charge in [0.05, 0.1) is 5.41 Å². The number of carbonyl (C=O) groups is 1. The molecule has 5 fully saturated rings. The van der Waals surface area contributed by atoms with E-state index in [0.717, 1.165) is 51.1 Å². The summed E-state index contributed by atoms with van der Waals surface area (Å²) >= 11 is 0. The predicted molar refractivity (Wildman–Crippen MR) is 109 cm³/mol. The Bertz CT molecular complexity index is 727. The minimum Gasteiger partial charge on any atom is -0.342 e. The van der Waals surface area contributed by atoms with Crippen molar-refractivity contribution in [3.63, 3.8) is 0 Å². The third-order valence-corrected chi connectivity index (χ3v) is 8.36. The van der Waals surface area contributed by atoms with Crippen LogP contribution in [0.1, 0.15) is 63.9 Å². The molecular formula is C24H34N2O. The zero-order valence-electron chi connectivity index (χ0n) is 17.0. The standard InChI is InChI=1S/C24H34N2O/c1-22-12-18-13-23(15-22,19-6-4-3-5-7-19)17-24(14-18,16-22)21(27)26(2)20-8-10-25-11-9-20/h3-7,18,20,25H,8-17H2,1-2H3/t18?,22-,23-,24?/m1/s1. The van der Waals surface area contributed by atoms with Gasteiger partial charge in [0.2, 0.25) is 5.91 Å². The molecule has 3 heteroatoms. The number of rotatable bonds is 3. The zero-order chi connectivity index (χ0) is 18.7. The van der Waals surface area contributed by atoms with Gasteiger partial charge in [0, 0.05) is 13.1 Å². The second-order valence-corrected chi connectivity index (χ2v) is 10.6. The summed E-state index contributed by atoms with van der Waals surface area (Å²) in [5.41, 5.74) is 1.92. The van der Waals surface area contributed by atoms with Crippen LogP contribution in [0, 0.1) is 16.7 Å². The lowest BCUT2D eigenvalue weighted by Gasteiger charge is -2.66. The Morgan fingerprint density at radius 3 is 2.48 bits per heavy atom. The van der Waals surface area contributed by atoms with Gasteiger partial charge < -0.3 is 10.2 Å². The molecule has 2 unspecified atom stereocenters. The smallest absolute Gasteiger partial charge is 0.228 e. The van der Waals surface area contributed by atoms with E-state index in [1.54, 1.807) is 0 Å². The SMILES string of the molecule is CN(C(=O)C12CC3C[C@@](C)(C1)C[C@](c1ccccc1)(C3)C2)C1CCNCC1. The molecule has 1 saturated heterocycles. The molecule has 3 nitrogen and oxygen atoms in total. The van der Waals surface area contributed by atoms with E-state index < -0.39 is 0 Å². The van der Waals surface area contributed by atoms with Crippen molar-refractivity contribution in [1.82, 2.24) is 10.2 Å². The normalized spacial score (nSPS) is 40.9. The summed E-state index contributed by atoms with van der Waals surface area (Å²) < 4.78 is 0. The minimum atomic E-state index is -0.121. The third-order valence-electron chi connectivity index (χ3n) is 8.36. The Hall–Kier alpha value is -1.35. The summed E-state index contributed by atoms with van der Waals surface area (Å²) in [6.07, 6.45) is 9.40. The van der Waals surface area contributed by atoms with E-state index in [2.05, 4.69) is 54.5 Å². The van der Waals surface area contributed by atoms with Gasteiger partial charge in [-0.2, -0.15) is 0 Å². The largest absolute Gasteiger partial charge is 0.342 e. The fourth-order valence-corrected chi connectivity index (χ4v) is 8.01. The van der Waals surface area contributed by atoms with Crippen LogP contribution in [-0.4, -0.2) is 37.0 Å². The van der Waals surface area contributed by atoms with Gasteiger partial charge in [-0.15, -0.1) is 0 Å². The molecule has 146 valence electrons. The Labute approximate surface area is 163 Å². The third kappa shape index (κ3) is 2.76. The first kappa shape index (κ1) is 17.7. The molecule has 1 heterocycles. The van der Waals surface area contributed by atoms with Crippen LogP contribution in [0.25, 0.3) is 0 Å². The van der Waals surface area contributed by atoms with Gasteiger partial charge in [-0.1, -0.05) is 37.3 Å². The van der Waals surface area contributed by atoms with Crippen LogP contribution < -0.4 is 5.32 Å². The maximum Gasteiger partial charge on any atom is 0.228 e. The first-order valence-electron chi connectivity index (χ1n) is 11.0. The van der Waals surface area contributed by atoms with Crippen molar-refractivity contribution in [3.8, 4) is 0 Å². The number of carbonyl (C=O) groups excluding carboxylic acids is 1. The first-order valence-corrected chi connectivity index (χ1v) is 11.0. The topological polar surface area (TPSA) is 32.3 Å². The maximum absolute atomic E-state index is 13.9. The average molecular weight is 367 g/mol. The second-order valence-electron chi connectivity index (χ2n) is 10.6. The number of amides is 1. The Balaban J connectivity index is 1.50. The lowest BCUT2D eigenvalue weighted by atomic mass is 9.38. The summed E-state index contributed by atoms with van der Waals surface area (Å²) in [5.74, 6) is 1.18. The molecule has 1 aliphatic heterocycles. The van der Waals surface area contributed by atoms with Gasteiger partial charge in [-0.05, 0) is 86.8 Å². The maximum atomic E-state index is 13.9. The number of piperidine rings is 1. The molecule has 4 aliphatic carbocycles. The summed E-state index contributed by atoms with van der Waals surface area (Å²) in [7, 11) is 2.09. The van der Waals surface area contributed by atoms with Crippen LogP contribution in [0.2, 0.25) is 0 Å². The lowest BCUT2D eigenvalue weighted by molar-refractivity contribution is -0.171. The highest BCUT2D eigenvalue weighted by Crippen LogP contribution is 2.70. The van der Waals surface area contributed by atoms with Crippen LogP contribution in [-0.2, 0) is 10.2 Å². The summed E-state index contributed by atoms with van der Waals surface area (Å²) in [6, 6.07) is 11.6. The minimum absolute atomic E-state index is 0.121. The molecular weight excluding hydrogens is 332 g/mol. The molecule has 5 aliphatic rings. The van der Waals surface area contributed by atoms with Crippen molar-refractivity contribution in [3.05, 3.63) is 35.9 Å². The van der Waals surface area contributed by atoms with Gasteiger partial charge in [0.1, 0.15) is 0 Å². The predicted octanol–water partition coefficient (Wildman–Crippen LogP) is 4.13. The number of nitrogens with zero attached hydrogens (tertiary/aromatic N) is 1. The summed E-state index contributed by atoms with van der Waals surface area (Å²) in [4.78, 5) is 16.1. The van der Waals surface area contributed by atoms with Crippen LogP contribution in [0.5, 0.6) is 0 Å². The van der Waals surface area contributed by atoms with E-state index in [0.29, 0.717) is 17.4 Å². The van der Waals surface area contributed by atoms with Crippen molar-refractivity contribution < 1.29 is 4.79 Å². The van der Waals surface area contributed by atoms with Gasteiger partial charge in [-0.25, -0.2) is 0 Å². The van der Waals surface area contributed by atoms with Crippen LogP contribution in [0.4, 0.5) is 0 Å². The van der Waals surface area contributed by atoms with E-state index in [-0.39, 0.29) is 10.8 Å². The Morgan fingerprint density at radius 1 is 1.04 bits per heavy atom. The summed E-state index contributed by atoms with van der Waals surface area (Å²) in [6.45, 7) is 4.56. The molecule has 1 aromatic carbocycles. The van der Waals surface area contributed by atoms with E-state index >= 15 is 0 Å².